The Morgan fingerprint density at radius 2 is 2.26 bits per heavy atom. The van der Waals surface area contributed by atoms with E-state index in [4.69, 9.17) is 10.3 Å². The van der Waals surface area contributed by atoms with Gasteiger partial charge in [0.25, 0.3) is 0 Å². The fourth-order valence-corrected chi connectivity index (χ4v) is 2.05. The molecular weight excluding hydrogens is 246 g/mol. The van der Waals surface area contributed by atoms with Gasteiger partial charge in [0.05, 0.1) is 6.40 Å². The first-order valence-corrected chi connectivity index (χ1v) is 6.75. The monoisotopic (exact) mass is 268 g/mol. The fraction of sp³-hybridized carbons (Fsp3) is 0.833. The third-order valence-electron chi connectivity index (χ3n) is 3.22. The second-order valence-corrected chi connectivity index (χ2v) is 4.64. The molecule has 0 radical (unpaired) electrons. The van der Waals surface area contributed by atoms with Gasteiger partial charge >= 0.3 is 0 Å². The summed E-state index contributed by atoms with van der Waals surface area (Å²) in [4.78, 5) is 14.0. The molecule has 0 atom stereocenters. The van der Waals surface area contributed by atoms with E-state index in [1.807, 2.05) is 0 Å². The molecule has 1 saturated heterocycles. The molecule has 0 unspecified atom stereocenters. The molecule has 1 aliphatic heterocycles. The molecule has 1 fully saturated rings. The van der Waals surface area contributed by atoms with Crippen LogP contribution in [0.1, 0.15) is 32.6 Å². The Bertz CT molecular complexity index is 300. The van der Waals surface area contributed by atoms with E-state index in [0.29, 0.717) is 6.73 Å². The summed E-state index contributed by atoms with van der Waals surface area (Å²) in [5.74, 6) is 0.295. The number of amides is 1. The Hall–Kier alpha value is -1.50. The lowest BCUT2D eigenvalue weighted by molar-refractivity contribution is -0.126. The summed E-state index contributed by atoms with van der Waals surface area (Å²) in [6, 6.07) is 0. The lowest BCUT2D eigenvalue weighted by Crippen LogP contribution is -2.41. The molecule has 1 amide bonds. The largest absolute Gasteiger partial charge is 0.488 e. The molecule has 1 rings (SSSR count). The highest BCUT2D eigenvalue weighted by Crippen LogP contribution is 2.17. The Labute approximate surface area is 113 Å². The number of nitrogens with one attached hydrogen (secondary N) is 1. The van der Waals surface area contributed by atoms with Crippen molar-refractivity contribution in [2.24, 2.45) is 16.2 Å². The van der Waals surface area contributed by atoms with Crippen LogP contribution >= 0.6 is 0 Å². The third kappa shape index (κ3) is 6.28. The van der Waals surface area contributed by atoms with Gasteiger partial charge in [0, 0.05) is 25.6 Å². The van der Waals surface area contributed by atoms with Gasteiger partial charge in [-0.25, -0.2) is 0 Å². The zero-order valence-electron chi connectivity index (χ0n) is 11.4. The average molecular weight is 268 g/mol. The molecule has 108 valence electrons. The molecule has 0 spiro atoms. The second-order valence-electron chi connectivity index (χ2n) is 4.64. The van der Waals surface area contributed by atoms with Crippen LogP contribution in [0.15, 0.2) is 10.3 Å². The molecule has 0 aromatic heterocycles. The van der Waals surface area contributed by atoms with Crippen molar-refractivity contribution >= 4 is 12.3 Å². The average Bonchev–Trinajstić information content (AvgIpc) is 2.44. The second kappa shape index (κ2) is 9.43. The topological polar surface area (TPSA) is 88.6 Å². The van der Waals surface area contributed by atoms with Crippen molar-refractivity contribution in [3.63, 3.8) is 0 Å². The van der Waals surface area contributed by atoms with Crippen LogP contribution in [0.3, 0.4) is 0 Å². The fourth-order valence-electron chi connectivity index (χ4n) is 2.05. The summed E-state index contributed by atoms with van der Waals surface area (Å²) in [5, 5.41) is 8.72. The van der Waals surface area contributed by atoms with Crippen molar-refractivity contribution in [2.45, 2.75) is 32.6 Å². The van der Waals surface area contributed by atoms with Gasteiger partial charge in [0.2, 0.25) is 5.91 Å². The lowest BCUT2D eigenvalue weighted by atomic mass is 9.96. The third-order valence-corrected chi connectivity index (χ3v) is 3.22. The first kappa shape index (κ1) is 15.6. The Morgan fingerprint density at radius 1 is 1.53 bits per heavy atom. The number of ether oxygens (including phenoxy) is 1. The number of hydrogen-bond donors (Lipinski definition) is 1. The van der Waals surface area contributed by atoms with Crippen LogP contribution in [0.5, 0.6) is 0 Å². The molecule has 1 N–H and O–H groups in total. The van der Waals surface area contributed by atoms with Crippen molar-refractivity contribution in [3.05, 3.63) is 5.53 Å². The number of rotatable bonds is 8. The van der Waals surface area contributed by atoms with E-state index in [-0.39, 0.29) is 11.8 Å². The molecule has 0 aliphatic carbocycles. The SMILES string of the molecule is CCCCNC(=O)C1CCN(CO/C=N/N=[N-])CC1. The van der Waals surface area contributed by atoms with Gasteiger partial charge in [-0.3, -0.25) is 14.9 Å². The summed E-state index contributed by atoms with van der Waals surface area (Å²) in [6.07, 6.45) is 4.93. The van der Waals surface area contributed by atoms with Crippen molar-refractivity contribution in [2.75, 3.05) is 26.4 Å². The first-order chi connectivity index (χ1) is 9.27. The molecule has 7 nitrogen and oxygen atoms in total. The minimum absolute atomic E-state index is 0.120. The number of nitrogens with zero attached hydrogens (tertiary/aromatic N) is 4. The van der Waals surface area contributed by atoms with Gasteiger partial charge in [-0.05, 0) is 19.3 Å². The standard InChI is InChI=1S/C12H22N5O2/c1-2-3-6-14-12(18)11-4-7-17(8-5-11)10-19-9-15-16-13/h9,11H,2-8,10H2,1H3,(H,14,18)/q-1/b15-9+. The summed E-state index contributed by atoms with van der Waals surface area (Å²) in [6.45, 7) is 4.95. The number of unbranched alkanes of at least 4 members (excludes halogenated alkanes) is 1. The van der Waals surface area contributed by atoms with E-state index in [1.54, 1.807) is 0 Å². The minimum Gasteiger partial charge on any atom is -0.488 e. The van der Waals surface area contributed by atoms with Crippen molar-refractivity contribution in [3.8, 4) is 0 Å². The van der Waals surface area contributed by atoms with Gasteiger partial charge in [-0.2, -0.15) is 0 Å². The smallest absolute Gasteiger partial charge is 0.223 e. The lowest BCUT2D eigenvalue weighted by Gasteiger charge is -2.30. The van der Waals surface area contributed by atoms with Crippen LogP contribution in [-0.4, -0.2) is 43.6 Å². The summed E-state index contributed by atoms with van der Waals surface area (Å²) >= 11 is 0. The quantitative estimate of drug-likeness (QED) is 0.238. The van der Waals surface area contributed by atoms with Gasteiger partial charge < -0.3 is 20.7 Å². The summed E-state index contributed by atoms with van der Waals surface area (Å²) < 4.78 is 5.07. The van der Waals surface area contributed by atoms with E-state index in [2.05, 4.69) is 27.5 Å². The van der Waals surface area contributed by atoms with Crippen molar-refractivity contribution in [1.82, 2.24) is 10.2 Å². The number of likely N-dealkylation sites (tertiary alicyclic amines) is 1. The molecule has 0 saturated carbocycles. The summed E-state index contributed by atoms with van der Waals surface area (Å²) in [5.41, 5.74) is 8.08. The van der Waals surface area contributed by atoms with Crippen LogP contribution in [0, 0.1) is 5.92 Å². The van der Waals surface area contributed by atoms with Crippen molar-refractivity contribution < 1.29 is 9.53 Å². The number of piperidine rings is 1. The minimum atomic E-state index is 0.120. The molecular formula is C12H22N5O2-. The molecule has 1 heterocycles. The van der Waals surface area contributed by atoms with E-state index < -0.39 is 0 Å². The Morgan fingerprint density at radius 3 is 2.89 bits per heavy atom. The van der Waals surface area contributed by atoms with E-state index in [9.17, 15) is 4.79 Å². The zero-order chi connectivity index (χ0) is 13.9. The normalized spacial score (nSPS) is 17.5. The highest BCUT2D eigenvalue weighted by molar-refractivity contribution is 5.78. The highest BCUT2D eigenvalue weighted by Gasteiger charge is 2.24. The summed E-state index contributed by atoms with van der Waals surface area (Å²) in [7, 11) is 0. The Kier molecular flexibility index (Phi) is 7.72. The number of carbonyl (C=O) groups is 1. The Balaban J connectivity index is 2.15. The molecule has 0 bridgehead atoms. The van der Waals surface area contributed by atoms with Crippen LogP contribution in [0.4, 0.5) is 0 Å². The molecule has 19 heavy (non-hydrogen) atoms. The zero-order valence-corrected chi connectivity index (χ0v) is 11.4. The van der Waals surface area contributed by atoms with Crippen molar-refractivity contribution in [1.29, 1.82) is 0 Å². The predicted molar refractivity (Wildman–Crippen MR) is 72.4 cm³/mol. The molecule has 7 heteroatoms. The first-order valence-electron chi connectivity index (χ1n) is 6.75. The van der Waals surface area contributed by atoms with Gasteiger partial charge in [-0.1, -0.05) is 13.3 Å². The van der Waals surface area contributed by atoms with Crippen LogP contribution in [0.25, 0.3) is 5.53 Å². The van der Waals surface area contributed by atoms with Crippen LogP contribution in [0.2, 0.25) is 0 Å². The maximum absolute atomic E-state index is 11.9. The van der Waals surface area contributed by atoms with Gasteiger partial charge in [0.15, 0.2) is 0 Å². The highest BCUT2D eigenvalue weighted by atomic mass is 16.5. The molecule has 1 aliphatic rings. The predicted octanol–water partition coefficient (Wildman–Crippen LogP) is 1.55. The van der Waals surface area contributed by atoms with Gasteiger partial charge in [0.1, 0.15) is 6.73 Å². The van der Waals surface area contributed by atoms with E-state index in [1.165, 1.54) is 0 Å². The number of hydrogen-bond acceptors (Lipinski definition) is 4. The van der Waals surface area contributed by atoms with E-state index >= 15 is 0 Å². The number of carbonyl (C=O) groups excluding carboxylic acids is 1. The van der Waals surface area contributed by atoms with E-state index in [0.717, 1.165) is 51.7 Å². The van der Waals surface area contributed by atoms with Crippen LogP contribution < -0.4 is 5.32 Å². The maximum atomic E-state index is 11.9. The van der Waals surface area contributed by atoms with Gasteiger partial charge in [-0.15, -0.1) is 0 Å². The van der Waals surface area contributed by atoms with Crippen LogP contribution in [-0.2, 0) is 9.53 Å². The maximum Gasteiger partial charge on any atom is 0.223 e. The molecule has 0 aromatic carbocycles. The molecule has 0 aromatic rings.